The highest BCUT2D eigenvalue weighted by Crippen LogP contribution is 2.17. The molecule has 12 heavy (non-hydrogen) atoms. The molecule has 70 valence electrons. The van der Waals surface area contributed by atoms with Crippen molar-refractivity contribution in [1.82, 2.24) is 16.0 Å². The second kappa shape index (κ2) is 3.87. The summed E-state index contributed by atoms with van der Waals surface area (Å²) in [4.78, 5) is 11.5. The van der Waals surface area contributed by atoms with Gasteiger partial charge >= 0.3 is 0 Å². The van der Waals surface area contributed by atoms with E-state index in [0.717, 1.165) is 25.9 Å². The summed E-state index contributed by atoms with van der Waals surface area (Å²) >= 11 is 0. The van der Waals surface area contributed by atoms with Crippen molar-refractivity contribution >= 4 is 5.91 Å². The van der Waals surface area contributed by atoms with Crippen LogP contribution in [0, 0.1) is 0 Å². The lowest BCUT2D eigenvalue weighted by Crippen LogP contribution is -2.59. The van der Waals surface area contributed by atoms with Crippen LogP contribution in [0.2, 0.25) is 0 Å². The van der Waals surface area contributed by atoms with Crippen LogP contribution in [0.25, 0.3) is 0 Å². The summed E-state index contributed by atoms with van der Waals surface area (Å²) in [6.07, 6.45) is 1.73. The summed E-state index contributed by atoms with van der Waals surface area (Å²) in [5, 5.41) is 9.05. The molecule has 1 saturated heterocycles. The first-order chi connectivity index (χ1) is 5.75. The highest BCUT2D eigenvalue weighted by molar-refractivity contribution is 5.86. The van der Waals surface area contributed by atoms with Crippen LogP contribution in [0.3, 0.4) is 0 Å². The van der Waals surface area contributed by atoms with E-state index in [2.05, 4.69) is 16.0 Å². The monoisotopic (exact) mass is 171 g/mol. The van der Waals surface area contributed by atoms with E-state index < -0.39 is 0 Å². The minimum absolute atomic E-state index is 0.103. The Bertz CT molecular complexity index is 164. The number of nitrogens with one attached hydrogen (secondary N) is 3. The van der Waals surface area contributed by atoms with Crippen molar-refractivity contribution in [2.75, 3.05) is 27.2 Å². The summed E-state index contributed by atoms with van der Waals surface area (Å²) in [5.74, 6) is 0.103. The predicted octanol–water partition coefficient (Wildman–Crippen LogP) is -0.926. The number of hydrogen-bond donors (Lipinski definition) is 3. The molecule has 4 heteroatoms. The van der Waals surface area contributed by atoms with Gasteiger partial charge in [-0.05, 0) is 33.0 Å². The first kappa shape index (κ1) is 9.48. The molecule has 0 saturated carbocycles. The fraction of sp³-hybridized carbons (Fsp3) is 0.875. The van der Waals surface area contributed by atoms with E-state index in [4.69, 9.17) is 0 Å². The van der Waals surface area contributed by atoms with Crippen LogP contribution in [0.5, 0.6) is 0 Å². The van der Waals surface area contributed by atoms with E-state index in [-0.39, 0.29) is 11.4 Å². The number of amides is 1. The second-order valence-corrected chi connectivity index (χ2v) is 3.16. The Morgan fingerprint density at radius 1 is 1.33 bits per heavy atom. The Hall–Kier alpha value is -0.610. The van der Waals surface area contributed by atoms with Crippen LogP contribution in [0.4, 0.5) is 0 Å². The second-order valence-electron chi connectivity index (χ2n) is 3.16. The number of piperidine rings is 1. The van der Waals surface area contributed by atoms with Crippen molar-refractivity contribution < 1.29 is 4.79 Å². The lowest BCUT2D eigenvalue weighted by Gasteiger charge is -2.35. The summed E-state index contributed by atoms with van der Waals surface area (Å²) in [7, 11) is 3.53. The molecule has 4 nitrogen and oxygen atoms in total. The Labute approximate surface area is 73.1 Å². The van der Waals surface area contributed by atoms with Gasteiger partial charge in [0.25, 0.3) is 0 Å². The molecule has 0 aliphatic carbocycles. The maximum absolute atomic E-state index is 11.5. The highest BCUT2D eigenvalue weighted by atomic mass is 16.2. The molecular weight excluding hydrogens is 154 g/mol. The molecule has 0 bridgehead atoms. The number of likely N-dealkylation sites (N-methyl/N-ethyl adjacent to an activating group) is 2. The van der Waals surface area contributed by atoms with Crippen LogP contribution in [0.15, 0.2) is 0 Å². The third-order valence-electron chi connectivity index (χ3n) is 2.60. The topological polar surface area (TPSA) is 53.2 Å². The molecule has 3 N–H and O–H groups in total. The zero-order chi connectivity index (χ0) is 9.03. The number of hydrogen-bond acceptors (Lipinski definition) is 3. The van der Waals surface area contributed by atoms with E-state index >= 15 is 0 Å². The summed E-state index contributed by atoms with van der Waals surface area (Å²) in [6.45, 7) is 1.82. The van der Waals surface area contributed by atoms with Gasteiger partial charge in [-0.1, -0.05) is 0 Å². The van der Waals surface area contributed by atoms with Gasteiger partial charge in [0.2, 0.25) is 5.91 Å². The first-order valence-electron chi connectivity index (χ1n) is 4.37. The molecule has 0 unspecified atom stereocenters. The van der Waals surface area contributed by atoms with Gasteiger partial charge in [-0.2, -0.15) is 0 Å². The van der Waals surface area contributed by atoms with Gasteiger partial charge in [0, 0.05) is 7.05 Å². The summed E-state index contributed by atoms with van der Waals surface area (Å²) in [5.41, 5.74) is -0.333. The molecule has 0 aromatic rings. The lowest BCUT2D eigenvalue weighted by atomic mass is 9.87. The maximum atomic E-state index is 11.5. The molecule has 0 atom stereocenters. The van der Waals surface area contributed by atoms with E-state index in [0.29, 0.717) is 0 Å². The predicted molar refractivity (Wildman–Crippen MR) is 48.0 cm³/mol. The first-order valence-corrected chi connectivity index (χ1v) is 4.37. The van der Waals surface area contributed by atoms with Gasteiger partial charge in [-0.3, -0.25) is 4.79 Å². The maximum Gasteiger partial charge on any atom is 0.240 e. The van der Waals surface area contributed by atoms with Crippen molar-refractivity contribution in [2.24, 2.45) is 0 Å². The molecule has 1 aliphatic heterocycles. The molecule has 0 radical (unpaired) electrons. The van der Waals surface area contributed by atoms with Gasteiger partial charge in [0.1, 0.15) is 0 Å². The number of carbonyl (C=O) groups excluding carboxylic acids is 1. The fourth-order valence-electron chi connectivity index (χ4n) is 1.68. The normalized spacial score (nSPS) is 21.8. The van der Waals surface area contributed by atoms with Crippen molar-refractivity contribution in [3.63, 3.8) is 0 Å². The number of rotatable bonds is 2. The smallest absolute Gasteiger partial charge is 0.240 e. The Kier molecular flexibility index (Phi) is 3.05. The van der Waals surface area contributed by atoms with E-state index in [1.807, 2.05) is 7.05 Å². The van der Waals surface area contributed by atoms with Crippen LogP contribution < -0.4 is 16.0 Å². The third kappa shape index (κ3) is 1.59. The molecule has 1 fully saturated rings. The van der Waals surface area contributed by atoms with E-state index in [1.165, 1.54) is 0 Å². The Balaban J connectivity index is 2.66. The average molecular weight is 171 g/mol. The van der Waals surface area contributed by atoms with Gasteiger partial charge in [0.15, 0.2) is 0 Å². The molecular formula is C8H17N3O. The summed E-state index contributed by atoms with van der Waals surface area (Å²) in [6, 6.07) is 0. The molecule has 1 amide bonds. The zero-order valence-electron chi connectivity index (χ0n) is 7.74. The van der Waals surface area contributed by atoms with Gasteiger partial charge in [-0.25, -0.2) is 0 Å². The molecule has 0 aromatic carbocycles. The number of carbonyl (C=O) groups is 1. The Morgan fingerprint density at radius 2 is 1.92 bits per heavy atom. The lowest BCUT2D eigenvalue weighted by molar-refractivity contribution is -0.128. The largest absolute Gasteiger partial charge is 0.358 e. The molecule has 1 aliphatic rings. The minimum atomic E-state index is -0.333. The third-order valence-corrected chi connectivity index (χ3v) is 2.60. The average Bonchev–Trinajstić information content (AvgIpc) is 2.17. The van der Waals surface area contributed by atoms with E-state index in [1.54, 1.807) is 7.05 Å². The van der Waals surface area contributed by atoms with Crippen LogP contribution in [0.1, 0.15) is 12.8 Å². The molecule has 0 spiro atoms. The molecule has 1 rings (SSSR count). The minimum Gasteiger partial charge on any atom is -0.358 e. The molecule has 1 heterocycles. The standard InChI is InChI=1S/C8H17N3O/c1-9-7(12)8(10-2)3-5-11-6-4-8/h10-11H,3-6H2,1-2H3,(H,9,12). The van der Waals surface area contributed by atoms with Crippen molar-refractivity contribution in [1.29, 1.82) is 0 Å². The van der Waals surface area contributed by atoms with Crippen molar-refractivity contribution in [3.05, 3.63) is 0 Å². The van der Waals surface area contributed by atoms with Crippen LogP contribution in [-0.2, 0) is 4.79 Å². The summed E-state index contributed by atoms with van der Waals surface area (Å²) < 4.78 is 0. The zero-order valence-corrected chi connectivity index (χ0v) is 7.74. The quantitative estimate of drug-likeness (QED) is 0.503. The SMILES string of the molecule is CNC(=O)C1(NC)CCNCC1. The fourth-order valence-corrected chi connectivity index (χ4v) is 1.68. The van der Waals surface area contributed by atoms with Crippen molar-refractivity contribution in [3.8, 4) is 0 Å². The van der Waals surface area contributed by atoms with E-state index in [9.17, 15) is 4.79 Å². The van der Waals surface area contributed by atoms with Gasteiger partial charge in [-0.15, -0.1) is 0 Å². The van der Waals surface area contributed by atoms with Crippen molar-refractivity contribution in [2.45, 2.75) is 18.4 Å². The van der Waals surface area contributed by atoms with Gasteiger partial charge < -0.3 is 16.0 Å². The Morgan fingerprint density at radius 3 is 2.33 bits per heavy atom. The highest BCUT2D eigenvalue weighted by Gasteiger charge is 2.36. The van der Waals surface area contributed by atoms with Crippen LogP contribution >= 0.6 is 0 Å². The molecule has 0 aromatic heterocycles. The van der Waals surface area contributed by atoms with Crippen LogP contribution in [-0.4, -0.2) is 38.6 Å². The van der Waals surface area contributed by atoms with Gasteiger partial charge in [0.05, 0.1) is 5.54 Å².